The minimum absolute atomic E-state index is 0.103. The molecule has 0 spiro atoms. The van der Waals surface area contributed by atoms with Crippen molar-refractivity contribution in [2.75, 3.05) is 23.0 Å². The number of aliphatic hydroxyl groups excluding tert-OH is 1. The van der Waals surface area contributed by atoms with Gasteiger partial charge in [-0.25, -0.2) is 8.42 Å². The summed E-state index contributed by atoms with van der Waals surface area (Å²) in [6.45, 7) is 0.523. The lowest BCUT2D eigenvalue weighted by atomic mass is 9.88. The van der Waals surface area contributed by atoms with E-state index in [0.717, 1.165) is 20.8 Å². The van der Waals surface area contributed by atoms with E-state index in [1.54, 1.807) is 12.2 Å². The number of aliphatic hydroxyl groups is 1. The summed E-state index contributed by atoms with van der Waals surface area (Å²) in [5.41, 5.74) is 1.89. The number of nitrogens with zero attached hydrogens (tertiary/aromatic N) is 2. The van der Waals surface area contributed by atoms with Gasteiger partial charge in [-0.05, 0) is 30.7 Å². The van der Waals surface area contributed by atoms with Gasteiger partial charge in [-0.1, -0.05) is 47.4 Å². The van der Waals surface area contributed by atoms with Gasteiger partial charge in [0.15, 0.2) is 6.54 Å². The fourth-order valence-electron chi connectivity index (χ4n) is 4.54. The number of hydrogen-bond donors (Lipinski definition) is 2. The molecule has 2 heterocycles. The Kier molecular flexibility index (Phi) is 7.92. The molecule has 5 rings (SSSR count). The van der Waals surface area contributed by atoms with Crippen molar-refractivity contribution in [1.29, 1.82) is 0 Å². The van der Waals surface area contributed by atoms with Crippen molar-refractivity contribution in [2.24, 2.45) is 0 Å². The first-order valence-corrected chi connectivity index (χ1v) is 17.0. The molecule has 0 atom stereocenters. The Hall–Kier alpha value is -3.01. The van der Waals surface area contributed by atoms with E-state index in [-0.39, 0.29) is 48.6 Å². The molecule has 3 aromatic rings. The maximum absolute atomic E-state index is 13.2. The molecule has 0 saturated carbocycles. The molecule has 210 valence electrons. The van der Waals surface area contributed by atoms with Crippen LogP contribution in [0.15, 0.2) is 81.4 Å². The Labute approximate surface area is 239 Å². The Balaban J connectivity index is 1.44. The first-order valence-electron chi connectivity index (χ1n) is 12.2. The first kappa shape index (κ1) is 28.5. The van der Waals surface area contributed by atoms with Crippen molar-refractivity contribution in [3.05, 3.63) is 81.5 Å². The fraction of sp³-hybridized carbons (Fsp3) is 0.231. The highest BCUT2D eigenvalue weighted by atomic mass is 32.2. The molecule has 40 heavy (non-hydrogen) atoms. The van der Waals surface area contributed by atoms with Crippen LogP contribution in [0.1, 0.15) is 17.8 Å². The number of benzene rings is 2. The second-order valence-electron chi connectivity index (χ2n) is 9.17. The molecular formula is C26H24N2O8S4. The van der Waals surface area contributed by atoms with Crippen molar-refractivity contribution in [2.45, 2.75) is 24.3 Å². The predicted molar refractivity (Wildman–Crippen MR) is 153 cm³/mol. The molecule has 0 bridgehead atoms. The highest BCUT2D eigenvalue weighted by Gasteiger charge is 2.36. The van der Waals surface area contributed by atoms with E-state index in [0.29, 0.717) is 10.0 Å². The van der Waals surface area contributed by atoms with Gasteiger partial charge in [0, 0.05) is 35.8 Å². The smallest absolute Gasteiger partial charge is 0.264 e. The molecule has 0 amide bonds. The number of carbonyl (C=O) groups excluding carboxylic acids is 1. The normalized spacial score (nSPS) is 17.8. The van der Waals surface area contributed by atoms with Crippen molar-refractivity contribution in [1.82, 2.24) is 0 Å². The number of fused-ring (bicyclic) bond motifs is 2. The minimum atomic E-state index is -4.37. The topological polar surface area (TPSA) is 156 Å². The number of hydrogen-bond acceptors (Lipinski definition) is 10. The number of Topliss-reactive ketones (excluding diaryl/α,β-unsaturated/α-hetero) is 1. The Morgan fingerprint density at radius 3 is 2.42 bits per heavy atom. The molecule has 10 nitrogen and oxygen atoms in total. The quantitative estimate of drug-likeness (QED) is 0.195. The summed E-state index contributed by atoms with van der Waals surface area (Å²) in [5.74, 6) is -1.47. The number of thioether (sulfide) groups is 1. The number of aromatic nitrogens is 1. The van der Waals surface area contributed by atoms with Crippen LogP contribution >= 0.6 is 23.1 Å². The standard InChI is InChI=1S/C26H24N2O8S4/c29-25-17(15-23-27(11-5-13-39(31,32)33)19-7-1-3-9-21(19)37-23)26(30)18(25)16-24-28(12-6-14-40(34,35)36)20-8-2-4-10-22(20)38-24/h1-4,7-10,15-16H,5-6,11-14H2,(H2-,29,30,31,32,33,34,35,36). The number of ketones is 1. The lowest BCUT2D eigenvalue weighted by Gasteiger charge is -2.23. The average Bonchev–Trinajstić information content (AvgIpc) is 3.42. The Bertz CT molecular complexity index is 1820. The van der Waals surface area contributed by atoms with E-state index in [2.05, 4.69) is 0 Å². The van der Waals surface area contributed by atoms with Crippen molar-refractivity contribution in [3.63, 3.8) is 0 Å². The zero-order valence-corrected chi connectivity index (χ0v) is 24.2. The summed E-state index contributed by atoms with van der Waals surface area (Å²) in [5, 5.41) is 12.1. The molecule has 0 saturated heterocycles. The number of thiazole rings is 1. The summed E-state index contributed by atoms with van der Waals surface area (Å²) in [7, 11) is -8.48. The largest absolute Gasteiger partial charge is 0.748 e. The van der Waals surface area contributed by atoms with E-state index in [4.69, 9.17) is 4.55 Å². The van der Waals surface area contributed by atoms with Crippen LogP contribution in [0.2, 0.25) is 0 Å². The highest BCUT2D eigenvalue weighted by molar-refractivity contribution is 8.03. The molecule has 0 fully saturated rings. The second kappa shape index (κ2) is 11.1. The first-order chi connectivity index (χ1) is 18.9. The minimum Gasteiger partial charge on any atom is -0.748 e. The summed E-state index contributed by atoms with van der Waals surface area (Å²) < 4.78 is 67.5. The third-order valence-corrected chi connectivity index (χ3v) is 10.2. The predicted octanol–water partition coefficient (Wildman–Crippen LogP) is 3.63. The molecule has 2 aliphatic rings. The third kappa shape index (κ3) is 6.16. The van der Waals surface area contributed by atoms with Gasteiger partial charge in [-0.2, -0.15) is 13.0 Å². The zero-order valence-electron chi connectivity index (χ0n) is 20.9. The van der Waals surface area contributed by atoms with E-state index < -0.39 is 31.7 Å². The number of aryl methyl sites for hydroxylation is 1. The molecule has 1 aromatic heterocycles. The maximum Gasteiger partial charge on any atom is 0.264 e. The second-order valence-corrected chi connectivity index (χ2v) is 14.4. The third-order valence-electron chi connectivity index (χ3n) is 6.37. The number of anilines is 1. The van der Waals surface area contributed by atoms with Crippen LogP contribution in [-0.4, -0.2) is 54.9 Å². The highest BCUT2D eigenvalue weighted by Crippen LogP contribution is 2.47. The van der Waals surface area contributed by atoms with Gasteiger partial charge in [0.25, 0.3) is 15.1 Å². The van der Waals surface area contributed by atoms with Crippen LogP contribution in [0.25, 0.3) is 16.3 Å². The molecule has 1 aliphatic carbocycles. The van der Waals surface area contributed by atoms with Crippen LogP contribution in [0, 0.1) is 0 Å². The summed E-state index contributed by atoms with van der Waals surface area (Å²) in [6, 6.07) is 14.9. The van der Waals surface area contributed by atoms with Crippen LogP contribution in [-0.2, 0) is 31.6 Å². The van der Waals surface area contributed by atoms with Gasteiger partial charge in [0.1, 0.15) is 10.5 Å². The number of allylic oxidation sites excluding steroid dienone is 3. The van der Waals surface area contributed by atoms with Gasteiger partial charge in [-0.3, -0.25) is 9.35 Å². The molecule has 0 radical (unpaired) electrons. The van der Waals surface area contributed by atoms with Gasteiger partial charge >= 0.3 is 0 Å². The van der Waals surface area contributed by atoms with E-state index in [1.165, 1.54) is 23.1 Å². The van der Waals surface area contributed by atoms with E-state index >= 15 is 0 Å². The van der Waals surface area contributed by atoms with Gasteiger partial charge in [0.2, 0.25) is 11.3 Å². The van der Waals surface area contributed by atoms with Gasteiger partial charge in [-0.15, -0.1) is 0 Å². The molecule has 1 aliphatic heterocycles. The molecule has 2 aromatic carbocycles. The monoisotopic (exact) mass is 620 g/mol. The van der Waals surface area contributed by atoms with E-state index in [1.807, 2.05) is 58.0 Å². The SMILES string of the molecule is O=C1C(=Cc2sc3ccccc3[n+]2CCCS(=O)(=O)[O-])C(O)=C1C=C1Sc2ccccc2N1CCCS(=O)(=O)O. The van der Waals surface area contributed by atoms with Gasteiger partial charge in [0.05, 0.1) is 37.7 Å². The van der Waals surface area contributed by atoms with Crippen molar-refractivity contribution < 1.29 is 40.4 Å². The lowest BCUT2D eigenvalue weighted by molar-refractivity contribution is -0.668. The molecule has 14 heteroatoms. The number of para-hydroxylation sites is 2. The Morgan fingerprint density at radius 1 is 0.975 bits per heavy atom. The Morgan fingerprint density at radius 2 is 1.70 bits per heavy atom. The molecular weight excluding hydrogens is 597 g/mol. The van der Waals surface area contributed by atoms with E-state index in [9.17, 15) is 31.3 Å². The summed E-state index contributed by atoms with van der Waals surface area (Å²) in [6.07, 6.45) is 3.40. The maximum atomic E-state index is 13.2. The average molecular weight is 621 g/mol. The zero-order chi connectivity index (χ0) is 28.7. The summed E-state index contributed by atoms with van der Waals surface area (Å²) in [4.78, 5) is 15.9. The van der Waals surface area contributed by atoms with Crippen LogP contribution < -0.4 is 9.47 Å². The summed E-state index contributed by atoms with van der Waals surface area (Å²) >= 11 is 2.76. The van der Waals surface area contributed by atoms with Crippen molar-refractivity contribution >= 4 is 71.1 Å². The lowest BCUT2D eigenvalue weighted by Crippen LogP contribution is -2.36. The molecule has 0 unspecified atom stereocenters. The number of rotatable bonds is 10. The number of carbonyl (C=O) groups is 1. The van der Waals surface area contributed by atoms with Gasteiger partial charge < -0.3 is 14.6 Å². The van der Waals surface area contributed by atoms with Crippen LogP contribution in [0.4, 0.5) is 5.69 Å². The molecule has 2 N–H and O–H groups in total. The van der Waals surface area contributed by atoms with Crippen LogP contribution in [0.5, 0.6) is 0 Å². The van der Waals surface area contributed by atoms with Crippen LogP contribution in [0.3, 0.4) is 0 Å². The van der Waals surface area contributed by atoms with Crippen molar-refractivity contribution in [3.8, 4) is 0 Å². The fourth-order valence-corrected chi connectivity index (χ4v) is 7.78.